The van der Waals surface area contributed by atoms with Crippen LogP contribution in [0.3, 0.4) is 0 Å². The Bertz CT molecular complexity index is 2510. The molecule has 3 N–H and O–H groups in total. The van der Waals surface area contributed by atoms with Crippen molar-refractivity contribution in [2.24, 2.45) is 5.73 Å². The Kier molecular flexibility index (Phi) is 6.28. The molecule has 0 fully saturated rings. The maximum atomic E-state index is 8.60. The molecular formula is C42H33N3S. The molecule has 222 valence electrons. The Morgan fingerprint density at radius 1 is 0.870 bits per heavy atom. The highest BCUT2D eigenvalue weighted by Gasteiger charge is 2.40. The number of nitrogens with two attached hydrogens (primary N) is 1. The van der Waals surface area contributed by atoms with E-state index in [4.69, 9.17) is 11.1 Å². The first kappa shape index (κ1) is 28.1. The molecule has 0 aliphatic heterocycles. The minimum absolute atomic E-state index is 0.142. The summed E-state index contributed by atoms with van der Waals surface area (Å²) in [5.74, 6) is 0. The minimum Gasteiger partial charge on any atom is -0.398 e. The van der Waals surface area contributed by atoms with Crippen LogP contribution in [0.2, 0.25) is 0 Å². The lowest BCUT2D eigenvalue weighted by Crippen LogP contribution is -2.15. The lowest BCUT2D eigenvalue weighted by molar-refractivity contribution is 0.667. The SMILES string of the molecule is C=C/C=C(\C=C)C(=N)/C=C(\N)c1cccc(-n2c3ccccc3c3c4c(c5sc6ccccc6c5c32)C(C)(C)c2ccccc2-4)c1. The topological polar surface area (TPSA) is 54.8 Å². The van der Waals surface area contributed by atoms with Crippen molar-refractivity contribution in [2.75, 3.05) is 0 Å². The number of nitrogens with zero attached hydrogens (tertiary/aromatic N) is 1. The summed E-state index contributed by atoms with van der Waals surface area (Å²) in [5.41, 5.74) is 17.7. The monoisotopic (exact) mass is 611 g/mol. The molecule has 0 amide bonds. The average molecular weight is 612 g/mol. The Hall–Kier alpha value is -5.45. The van der Waals surface area contributed by atoms with Crippen LogP contribution in [-0.4, -0.2) is 10.3 Å². The highest BCUT2D eigenvalue weighted by Crippen LogP contribution is 2.58. The van der Waals surface area contributed by atoms with E-state index in [9.17, 15) is 0 Å². The first-order valence-corrected chi connectivity index (χ1v) is 16.3. The van der Waals surface area contributed by atoms with Gasteiger partial charge in [-0.3, -0.25) is 0 Å². The fourth-order valence-electron chi connectivity index (χ4n) is 7.48. The van der Waals surface area contributed by atoms with Gasteiger partial charge in [-0.25, -0.2) is 0 Å². The van der Waals surface area contributed by atoms with Crippen molar-refractivity contribution in [3.63, 3.8) is 0 Å². The lowest BCUT2D eigenvalue weighted by Gasteiger charge is -2.22. The molecule has 1 aliphatic carbocycles. The second-order valence-electron chi connectivity index (χ2n) is 12.4. The fraction of sp³-hybridized carbons (Fsp3) is 0.0714. The van der Waals surface area contributed by atoms with Crippen LogP contribution < -0.4 is 5.73 Å². The first-order valence-electron chi connectivity index (χ1n) is 15.5. The van der Waals surface area contributed by atoms with Crippen LogP contribution in [0.1, 0.15) is 30.5 Å². The number of para-hydroxylation sites is 1. The van der Waals surface area contributed by atoms with E-state index in [2.05, 4.69) is 123 Å². The summed E-state index contributed by atoms with van der Waals surface area (Å²) in [5, 5.41) is 13.7. The third-order valence-corrected chi connectivity index (χ3v) is 10.7. The van der Waals surface area contributed by atoms with Crippen LogP contribution in [0, 0.1) is 5.41 Å². The molecule has 0 unspecified atom stereocenters. The van der Waals surface area contributed by atoms with Gasteiger partial charge in [-0.15, -0.1) is 11.3 Å². The van der Waals surface area contributed by atoms with Gasteiger partial charge in [0.2, 0.25) is 0 Å². The van der Waals surface area contributed by atoms with Crippen LogP contribution in [0.15, 0.2) is 140 Å². The number of hydrogen-bond donors (Lipinski definition) is 2. The number of aromatic nitrogens is 1. The molecule has 0 saturated heterocycles. The van der Waals surface area contributed by atoms with Crippen LogP contribution in [0.4, 0.5) is 0 Å². The molecular weight excluding hydrogens is 579 g/mol. The molecule has 2 heterocycles. The molecule has 46 heavy (non-hydrogen) atoms. The summed E-state index contributed by atoms with van der Waals surface area (Å²) in [4.78, 5) is 0. The van der Waals surface area contributed by atoms with Gasteiger partial charge in [0, 0.05) is 47.7 Å². The molecule has 3 nitrogen and oxygen atoms in total. The Morgan fingerprint density at radius 2 is 1.61 bits per heavy atom. The van der Waals surface area contributed by atoms with Crippen molar-refractivity contribution in [1.82, 2.24) is 4.57 Å². The van der Waals surface area contributed by atoms with Crippen molar-refractivity contribution in [3.05, 3.63) is 157 Å². The van der Waals surface area contributed by atoms with Crippen LogP contribution in [0.5, 0.6) is 0 Å². The quantitative estimate of drug-likeness (QED) is 0.143. The number of hydrogen-bond acceptors (Lipinski definition) is 3. The molecule has 2 aromatic heterocycles. The van der Waals surface area contributed by atoms with Crippen LogP contribution in [-0.2, 0) is 5.41 Å². The van der Waals surface area contributed by atoms with Gasteiger partial charge in [0.25, 0.3) is 0 Å². The minimum atomic E-state index is -0.142. The molecule has 0 radical (unpaired) electrons. The fourth-order valence-corrected chi connectivity index (χ4v) is 8.90. The van der Waals surface area contributed by atoms with Gasteiger partial charge in [-0.2, -0.15) is 0 Å². The van der Waals surface area contributed by atoms with E-state index in [1.165, 1.54) is 58.7 Å². The maximum absolute atomic E-state index is 8.60. The van der Waals surface area contributed by atoms with Gasteiger partial charge in [0.05, 0.1) is 16.7 Å². The average Bonchev–Trinajstić information content (AvgIpc) is 3.69. The van der Waals surface area contributed by atoms with Gasteiger partial charge < -0.3 is 15.7 Å². The van der Waals surface area contributed by atoms with Gasteiger partial charge in [-0.05, 0) is 63.7 Å². The van der Waals surface area contributed by atoms with E-state index >= 15 is 0 Å². The van der Waals surface area contributed by atoms with Gasteiger partial charge >= 0.3 is 0 Å². The Balaban J connectivity index is 1.51. The predicted octanol–water partition coefficient (Wildman–Crippen LogP) is 11.1. The molecule has 0 saturated carbocycles. The van der Waals surface area contributed by atoms with Crippen LogP contribution >= 0.6 is 11.3 Å². The van der Waals surface area contributed by atoms with Gasteiger partial charge in [0.15, 0.2) is 0 Å². The summed E-state index contributed by atoms with van der Waals surface area (Å²) < 4.78 is 5.07. The maximum Gasteiger partial charge on any atom is 0.0640 e. The normalized spacial score (nSPS) is 14.2. The number of rotatable bonds is 6. The van der Waals surface area contributed by atoms with E-state index in [1.807, 2.05) is 17.4 Å². The number of benzene rings is 5. The van der Waals surface area contributed by atoms with Crippen LogP contribution in [0.25, 0.3) is 64.5 Å². The van der Waals surface area contributed by atoms with E-state index in [1.54, 1.807) is 24.3 Å². The standard InChI is InChI=1S/C42H33N3S/c1-5-14-25(6-2)32(43)24-33(44)26-15-13-16-27(23-26)45-34-21-11-8-18-29(34)37-36-28-17-7-10-20-31(28)42(3,4)39(36)41-38(40(37)45)30-19-9-12-22-35(30)46-41/h5-24,43H,1-2,44H2,3-4H3/b25-14+,33-24-,43-32?. The molecule has 4 heteroatoms. The number of allylic oxidation sites excluding steroid dienone is 5. The summed E-state index contributed by atoms with van der Waals surface area (Å²) in [6.45, 7) is 12.4. The van der Waals surface area contributed by atoms with Crippen molar-refractivity contribution < 1.29 is 0 Å². The second kappa shape index (κ2) is 10.3. The first-order chi connectivity index (χ1) is 22.3. The van der Waals surface area contributed by atoms with Gasteiger partial charge in [-0.1, -0.05) is 118 Å². The van der Waals surface area contributed by atoms with Crippen molar-refractivity contribution in [1.29, 1.82) is 5.41 Å². The van der Waals surface area contributed by atoms with E-state index in [0.717, 1.165) is 16.8 Å². The molecule has 8 rings (SSSR count). The van der Waals surface area contributed by atoms with Crippen molar-refractivity contribution >= 4 is 64.7 Å². The number of fused-ring (bicyclic) bond motifs is 12. The smallest absolute Gasteiger partial charge is 0.0640 e. The largest absolute Gasteiger partial charge is 0.398 e. The second-order valence-corrected chi connectivity index (χ2v) is 13.5. The summed E-state index contributed by atoms with van der Waals surface area (Å²) in [6, 6.07) is 34.9. The zero-order valence-corrected chi connectivity index (χ0v) is 26.7. The molecule has 0 spiro atoms. The Labute approximate surface area is 272 Å². The summed E-state index contributed by atoms with van der Waals surface area (Å²) in [6.07, 6.45) is 6.76. The predicted molar refractivity (Wildman–Crippen MR) is 200 cm³/mol. The molecule has 5 aromatic carbocycles. The summed E-state index contributed by atoms with van der Waals surface area (Å²) >= 11 is 1.91. The highest BCUT2D eigenvalue weighted by atomic mass is 32.1. The summed E-state index contributed by atoms with van der Waals surface area (Å²) in [7, 11) is 0. The number of nitrogens with one attached hydrogen (secondary N) is 1. The van der Waals surface area contributed by atoms with Gasteiger partial charge in [0.1, 0.15) is 0 Å². The zero-order valence-electron chi connectivity index (χ0n) is 25.9. The van der Waals surface area contributed by atoms with E-state index in [0.29, 0.717) is 11.3 Å². The van der Waals surface area contributed by atoms with Crippen molar-refractivity contribution in [3.8, 4) is 16.8 Å². The molecule has 0 atom stereocenters. The molecule has 7 aromatic rings. The number of thiophene rings is 1. The lowest BCUT2D eigenvalue weighted by atomic mass is 9.81. The van der Waals surface area contributed by atoms with Crippen molar-refractivity contribution in [2.45, 2.75) is 19.3 Å². The van der Waals surface area contributed by atoms with E-state index in [-0.39, 0.29) is 11.1 Å². The molecule has 1 aliphatic rings. The zero-order chi connectivity index (χ0) is 31.7. The third-order valence-electron chi connectivity index (χ3n) is 9.49. The highest BCUT2D eigenvalue weighted by molar-refractivity contribution is 7.26. The molecule has 0 bridgehead atoms. The van der Waals surface area contributed by atoms with E-state index < -0.39 is 0 Å². The third kappa shape index (κ3) is 3.87. The Morgan fingerprint density at radius 3 is 2.41 bits per heavy atom.